The predicted molar refractivity (Wildman–Crippen MR) is 90.7 cm³/mol. The molecule has 2 amide bonds. The third-order valence-electron chi connectivity index (χ3n) is 3.78. The number of carbonyl (C=O) groups is 2. The zero-order chi connectivity index (χ0) is 17.6. The Morgan fingerprint density at radius 2 is 1.88 bits per heavy atom. The van der Waals surface area contributed by atoms with Crippen LogP contribution in [0.15, 0.2) is 48.5 Å². The van der Waals surface area contributed by atoms with E-state index in [0.29, 0.717) is 17.9 Å². The van der Waals surface area contributed by atoms with Gasteiger partial charge in [0.2, 0.25) is 0 Å². The lowest BCUT2D eigenvalue weighted by Gasteiger charge is -2.09. The van der Waals surface area contributed by atoms with E-state index in [2.05, 4.69) is 10.6 Å². The van der Waals surface area contributed by atoms with Crippen LogP contribution in [0.2, 0.25) is 0 Å². The fourth-order valence-corrected chi connectivity index (χ4v) is 2.23. The van der Waals surface area contributed by atoms with E-state index >= 15 is 0 Å². The average molecular weight is 342 g/mol. The average Bonchev–Trinajstić information content (AvgIpc) is 3.43. The SMILES string of the molecule is O=C(COc1cccc(C(=O)NC2CC2)c1)NCc1ccc(F)cc1. The van der Waals surface area contributed by atoms with Crippen LogP contribution in [-0.4, -0.2) is 24.5 Å². The van der Waals surface area contributed by atoms with Gasteiger partial charge in [-0.1, -0.05) is 18.2 Å². The molecule has 0 saturated heterocycles. The highest BCUT2D eigenvalue weighted by molar-refractivity contribution is 5.95. The smallest absolute Gasteiger partial charge is 0.258 e. The third kappa shape index (κ3) is 5.31. The first-order valence-corrected chi connectivity index (χ1v) is 8.15. The van der Waals surface area contributed by atoms with E-state index < -0.39 is 0 Å². The molecule has 2 aromatic rings. The fraction of sp³-hybridized carbons (Fsp3) is 0.263. The summed E-state index contributed by atoms with van der Waals surface area (Å²) in [5, 5.41) is 5.60. The highest BCUT2D eigenvalue weighted by Gasteiger charge is 2.23. The van der Waals surface area contributed by atoms with E-state index in [0.717, 1.165) is 18.4 Å². The molecule has 1 aliphatic rings. The third-order valence-corrected chi connectivity index (χ3v) is 3.78. The van der Waals surface area contributed by atoms with Crippen molar-refractivity contribution in [2.24, 2.45) is 0 Å². The minimum absolute atomic E-state index is 0.131. The Morgan fingerprint density at radius 1 is 1.12 bits per heavy atom. The Hall–Kier alpha value is -2.89. The number of rotatable bonds is 7. The minimum atomic E-state index is -0.316. The Morgan fingerprint density at radius 3 is 2.60 bits per heavy atom. The van der Waals surface area contributed by atoms with Crippen molar-refractivity contribution in [2.45, 2.75) is 25.4 Å². The monoisotopic (exact) mass is 342 g/mol. The maximum Gasteiger partial charge on any atom is 0.258 e. The summed E-state index contributed by atoms with van der Waals surface area (Å²) in [4.78, 5) is 23.8. The normalized spacial score (nSPS) is 13.2. The van der Waals surface area contributed by atoms with Gasteiger partial charge in [0, 0.05) is 18.2 Å². The Balaban J connectivity index is 1.46. The number of nitrogens with one attached hydrogen (secondary N) is 2. The van der Waals surface area contributed by atoms with Gasteiger partial charge in [-0.05, 0) is 48.7 Å². The van der Waals surface area contributed by atoms with Gasteiger partial charge in [-0.2, -0.15) is 0 Å². The molecule has 0 atom stereocenters. The van der Waals surface area contributed by atoms with Gasteiger partial charge in [0.05, 0.1) is 0 Å². The first kappa shape index (κ1) is 17.0. The molecule has 0 spiro atoms. The van der Waals surface area contributed by atoms with Crippen molar-refractivity contribution >= 4 is 11.8 Å². The topological polar surface area (TPSA) is 67.4 Å². The van der Waals surface area contributed by atoms with E-state index in [-0.39, 0.29) is 30.3 Å². The predicted octanol–water partition coefficient (Wildman–Crippen LogP) is 2.41. The van der Waals surface area contributed by atoms with Gasteiger partial charge in [-0.25, -0.2) is 4.39 Å². The maximum atomic E-state index is 12.8. The van der Waals surface area contributed by atoms with Gasteiger partial charge in [-0.15, -0.1) is 0 Å². The molecule has 5 nitrogen and oxygen atoms in total. The van der Waals surface area contributed by atoms with E-state index in [1.807, 2.05) is 0 Å². The van der Waals surface area contributed by atoms with Crippen molar-refractivity contribution in [2.75, 3.05) is 6.61 Å². The molecule has 0 bridgehead atoms. The van der Waals surface area contributed by atoms with Crippen molar-refractivity contribution in [3.05, 3.63) is 65.5 Å². The number of halogens is 1. The quantitative estimate of drug-likeness (QED) is 0.812. The molecule has 0 heterocycles. The molecule has 0 aliphatic heterocycles. The lowest BCUT2D eigenvalue weighted by Crippen LogP contribution is -2.28. The standard InChI is InChI=1S/C19H19FN2O3/c20-15-6-4-13(5-7-15)11-21-18(23)12-25-17-3-1-2-14(10-17)19(24)22-16-8-9-16/h1-7,10,16H,8-9,11-12H2,(H,21,23)(H,22,24). The summed E-state index contributed by atoms with van der Waals surface area (Å²) in [6, 6.07) is 12.9. The molecule has 6 heteroatoms. The molecule has 1 saturated carbocycles. The van der Waals surface area contributed by atoms with Crippen LogP contribution in [0.1, 0.15) is 28.8 Å². The summed E-state index contributed by atoms with van der Waals surface area (Å²) >= 11 is 0. The maximum absolute atomic E-state index is 12.8. The van der Waals surface area contributed by atoms with Crippen LogP contribution in [0.4, 0.5) is 4.39 Å². The fourth-order valence-electron chi connectivity index (χ4n) is 2.23. The summed E-state index contributed by atoms with van der Waals surface area (Å²) in [7, 11) is 0. The minimum Gasteiger partial charge on any atom is -0.484 e. The number of hydrogen-bond donors (Lipinski definition) is 2. The van der Waals surface area contributed by atoms with Crippen molar-refractivity contribution < 1.29 is 18.7 Å². The van der Waals surface area contributed by atoms with Crippen molar-refractivity contribution in [3.63, 3.8) is 0 Å². The molecule has 1 fully saturated rings. The molecule has 25 heavy (non-hydrogen) atoms. The summed E-state index contributed by atoms with van der Waals surface area (Å²) in [5.74, 6) is -0.282. The highest BCUT2D eigenvalue weighted by atomic mass is 19.1. The summed E-state index contributed by atoms with van der Waals surface area (Å²) in [6.07, 6.45) is 2.05. The van der Waals surface area contributed by atoms with Crippen LogP contribution in [0.25, 0.3) is 0 Å². The summed E-state index contributed by atoms with van der Waals surface area (Å²) < 4.78 is 18.3. The van der Waals surface area contributed by atoms with Crippen LogP contribution in [0, 0.1) is 5.82 Å². The van der Waals surface area contributed by atoms with Crippen molar-refractivity contribution in [1.82, 2.24) is 10.6 Å². The Labute approximate surface area is 145 Å². The molecular formula is C19H19FN2O3. The number of hydrogen-bond acceptors (Lipinski definition) is 3. The zero-order valence-electron chi connectivity index (χ0n) is 13.6. The van der Waals surface area contributed by atoms with Gasteiger partial charge in [-0.3, -0.25) is 9.59 Å². The first-order chi connectivity index (χ1) is 12.1. The van der Waals surface area contributed by atoms with Crippen LogP contribution in [0.5, 0.6) is 5.75 Å². The number of carbonyl (C=O) groups excluding carboxylic acids is 2. The Bertz CT molecular complexity index is 758. The van der Waals surface area contributed by atoms with Crippen LogP contribution in [-0.2, 0) is 11.3 Å². The van der Waals surface area contributed by atoms with Crippen molar-refractivity contribution in [1.29, 1.82) is 0 Å². The summed E-state index contributed by atoms with van der Waals surface area (Å²) in [5.41, 5.74) is 1.31. The number of amides is 2. The van der Waals surface area contributed by atoms with E-state index in [4.69, 9.17) is 4.74 Å². The second-order valence-electron chi connectivity index (χ2n) is 5.97. The molecule has 3 rings (SSSR count). The van der Waals surface area contributed by atoms with Crippen LogP contribution < -0.4 is 15.4 Å². The summed E-state index contributed by atoms with van der Waals surface area (Å²) in [6.45, 7) is 0.140. The van der Waals surface area contributed by atoms with Gasteiger partial charge < -0.3 is 15.4 Å². The molecule has 2 N–H and O–H groups in total. The van der Waals surface area contributed by atoms with Gasteiger partial charge in [0.1, 0.15) is 11.6 Å². The second-order valence-corrected chi connectivity index (χ2v) is 5.97. The molecule has 1 aliphatic carbocycles. The lowest BCUT2D eigenvalue weighted by atomic mass is 10.2. The Kier molecular flexibility index (Phi) is 5.28. The first-order valence-electron chi connectivity index (χ1n) is 8.15. The number of benzene rings is 2. The van der Waals surface area contributed by atoms with E-state index in [1.165, 1.54) is 12.1 Å². The van der Waals surface area contributed by atoms with Crippen molar-refractivity contribution in [3.8, 4) is 5.75 Å². The van der Waals surface area contributed by atoms with E-state index in [9.17, 15) is 14.0 Å². The van der Waals surface area contributed by atoms with Gasteiger partial charge >= 0.3 is 0 Å². The zero-order valence-corrected chi connectivity index (χ0v) is 13.6. The molecule has 0 aromatic heterocycles. The van der Waals surface area contributed by atoms with Crippen LogP contribution in [0.3, 0.4) is 0 Å². The molecule has 0 radical (unpaired) electrons. The largest absolute Gasteiger partial charge is 0.484 e. The van der Waals surface area contributed by atoms with E-state index in [1.54, 1.807) is 36.4 Å². The second kappa shape index (κ2) is 7.79. The highest BCUT2D eigenvalue weighted by Crippen LogP contribution is 2.20. The van der Waals surface area contributed by atoms with Gasteiger partial charge in [0.25, 0.3) is 11.8 Å². The molecular weight excluding hydrogens is 323 g/mol. The molecule has 0 unspecified atom stereocenters. The van der Waals surface area contributed by atoms with Gasteiger partial charge in [0.15, 0.2) is 6.61 Å². The molecule has 130 valence electrons. The molecule has 2 aromatic carbocycles. The number of ether oxygens (including phenoxy) is 1. The van der Waals surface area contributed by atoms with Crippen LogP contribution >= 0.6 is 0 Å². The lowest BCUT2D eigenvalue weighted by molar-refractivity contribution is -0.123.